The monoisotopic (exact) mass is 516 g/mol. The molecular formula is C31H36N2O5. The predicted molar refractivity (Wildman–Crippen MR) is 146 cm³/mol. The molecule has 3 saturated heterocycles. The number of carboxylic acids is 1. The fraction of sp³-hybridized carbons (Fsp3) is 0.355. The van der Waals surface area contributed by atoms with E-state index in [1.807, 2.05) is 68.4 Å². The Morgan fingerprint density at radius 3 is 2.26 bits per heavy atom. The van der Waals surface area contributed by atoms with E-state index in [0.29, 0.717) is 18.3 Å². The summed E-state index contributed by atoms with van der Waals surface area (Å²) in [6, 6.07) is 23.7. The van der Waals surface area contributed by atoms with E-state index < -0.39 is 18.1 Å². The normalized spacial score (nSPS) is 20.4. The van der Waals surface area contributed by atoms with E-state index in [0.717, 1.165) is 49.2 Å². The van der Waals surface area contributed by atoms with Crippen LogP contribution in [0, 0.1) is 5.92 Å². The number of alkyl carbamates (subject to hydrolysis) is 1. The Morgan fingerprint density at radius 2 is 1.63 bits per heavy atom. The summed E-state index contributed by atoms with van der Waals surface area (Å²) < 4.78 is 11.9. The van der Waals surface area contributed by atoms with E-state index >= 15 is 0 Å². The van der Waals surface area contributed by atoms with Crippen LogP contribution < -0.4 is 10.1 Å². The van der Waals surface area contributed by atoms with Gasteiger partial charge in [-0.25, -0.2) is 9.59 Å². The number of piperidine rings is 3. The minimum atomic E-state index is -0.957. The minimum Gasteiger partial charge on any atom is -0.489 e. The number of hydrogen-bond donors (Lipinski definition) is 2. The number of nitrogens with zero attached hydrogens (tertiary/aromatic N) is 1. The lowest BCUT2D eigenvalue weighted by atomic mass is 9.86. The smallest absolute Gasteiger partial charge is 0.408 e. The highest BCUT2D eigenvalue weighted by Gasteiger charge is 2.36. The van der Waals surface area contributed by atoms with E-state index in [4.69, 9.17) is 14.6 Å². The molecule has 0 aromatic heterocycles. The van der Waals surface area contributed by atoms with Gasteiger partial charge in [0.05, 0.1) is 11.6 Å². The zero-order valence-electron chi connectivity index (χ0n) is 22.0. The first-order valence-electron chi connectivity index (χ1n) is 13.3. The highest BCUT2D eigenvalue weighted by Crippen LogP contribution is 2.30. The molecule has 6 rings (SSSR count). The van der Waals surface area contributed by atoms with Gasteiger partial charge in [-0.05, 0) is 72.8 Å². The van der Waals surface area contributed by atoms with Gasteiger partial charge in [-0.2, -0.15) is 0 Å². The molecule has 0 radical (unpaired) electrons. The first-order chi connectivity index (χ1) is 18.5. The van der Waals surface area contributed by atoms with Crippen molar-refractivity contribution in [3.05, 3.63) is 101 Å². The summed E-state index contributed by atoms with van der Waals surface area (Å²) in [4.78, 5) is 26.4. The van der Waals surface area contributed by atoms with Gasteiger partial charge in [0, 0.05) is 6.54 Å². The predicted octanol–water partition coefficient (Wildman–Crippen LogP) is 5.90. The van der Waals surface area contributed by atoms with Crippen molar-refractivity contribution in [2.24, 2.45) is 5.92 Å². The number of ether oxygens (including phenoxy) is 2. The van der Waals surface area contributed by atoms with Crippen LogP contribution >= 0.6 is 0 Å². The number of carboxylic acid groups (broad SMARTS) is 1. The molecule has 38 heavy (non-hydrogen) atoms. The maximum atomic E-state index is 13.0. The van der Waals surface area contributed by atoms with Crippen LogP contribution in [0.5, 0.6) is 5.75 Å². The van der Waals surface area contributed by atoms with E-state index in [1.54, 1.807) is 24.3 Å². The summed E-state index contributed by atoms with van der Waals surface area (Å²) >= 11 is 0. The van der Waals surface area contributed by atoms with Gasteiger partial charge in [-0.15, -0.1) is 0 Å². The summed E-state index contributed by atoms with van der Waals surface area (Å²) in [7, 11) is 0. The summed E-state index contributed by atoms with van der Waals surface area (Å²) in [5.41, 5.74) is 2.93. The molecule has 3 aromatic rings. The molecular weight excluding hydrogens is 480 g/mol. The fourth-order valence-electron chi connectivity index (χ4n) is 5.03. The van der Waals surface area contributed by atoms with E-state index in [9.17, 15) is 9.59 Å². The average molecular weight is 517 g/mol. The molecule has 3 heterocycles. The Labute approximate surface area is 224 Å². The van der Waals surface area contributed by atoms with Crippen LogP contribution in [0.1, 0.15) is 59.8 Å². The standard InChI is InChI=1S/C29H30N2O5.C2H6/c32-28(33)23-11-9-20(10-12-23)19-35-25-8-4-7-24(17-25)27(22-5-2-1-3-6-22)30-29(34)36-26-18-31-15-13-21(26)14-16-31;1-2/h1-12,17,21,26-27H,13-16,18-19H2,(H,30,34)(H,32,33);1-2H3/t26-,27?;/m0./s1. The quantitative estimate of drug-likeness (QED) is 0.388. The number of aromatic carboxylic acids is 1. The molecule has 7 heteroatoms. The largest absolute Gasteiger partial charge is 0.489 e. The summed E-state index contributed by atoms with van der Waals surface area (Å²) in [5.74, 6) is 0.141. The first-order valence-corrected chi connectivity index (χ1v) is 13.3. The fourth-order valence-corrected chi connectivity index (χ4v) is 5.03. The maximum Gasteiger partial charge on any atom is 0.408 e. The molecule has 1 unspecified atom stereocenters. The molecule has 200 valence electrons. The van der Waals surface area contributed by atoms with Gasteiger partial charge in [0.15, 0.2) is 0 Å². The first kappa shape index (κ1) is 27.2. The molecule has 3 aliphatic rings. The number of fused-ring (bicyclic) bond motifs is 3. The van der Waals surface area contributed by atoms with Crippen LogP contribution in [-0.4, -0.2) is 47.8 Å². The SMILES string of the molecule is CC.O=C(NC(c1ccccc1)c1cccc(OCc2ccc(C(=O)O)cc2)c1)O[C@H]1CN2CCC1CC2. The van der Waals surface area contributed by atoms with Crippen LogP contribution in [-0.2, 0) is 11.3 Å². The topological polar surface area (TPSA) is 88.1 Å². The van der Waals surface area contributed by atoms with Gasteiger partial charge in [0.1, 0.15) is 18.5 Å². The molecule has 3 aromatic carbocycles. The van der Waals surface area contributed by atoms with Crippen molar-refractivity contribution < 1.29 is 24.2 Å². The van der Waals surface area contributed by atoms with Gasteiger partial charge in [-0.3, -0.25) is 4.90 Å². The zero-order valence-corrected chi connectivity index (χ0v) is 22.0. The number of nitrogens with one attached hydrogen (secondary N) is 1. The lowest BCUT2D eigenvalue weighted by molar-refractivity contribution is -0.0336. The van der Waals surface area contributed by atoms with Crippen molar-refractivity contribution in [3.63, 3.8) is 0 Å². The number of rotatable bonds is 8. The molecule has 1 amide bonds. The molecule has 2 N–H and O–H groups in total. The van der Waals surface area contributed by atoms with Crippen molar-refractivity contribution >= 4 is 12.1 Å². The van der Waals surface area contributed by atoms with E-state index in [1.165, 1.54) is 0 Å². The second-order valence-electron chi connectivity index (χ2n) is 9.43. The summed E-state index contributed by atoms with van der Waals surface area (Å²) in [6.07, 6.45) is 1.69. The minimum absolute atomic E-state index is 0.0638. The molecule has 0 aliphatic carbocycles. The van der Waals surface area contributed by atoms with Gasteiger partial charge < -0.3 is 19.9 Å². The van der Waals surface area contributed by atoms with Crippen molar-refractivity contribution in [2.45, 2.75) is 45.4 Å². The highest BCUT2D eigenvalue weighted by atomic mass is 16.6. The average Bonchev–Trinajstić information content (AvgIpc) is 2.97. The third kappa shape index (κ3) is 6.92. The molecule has 0 saturated carbocycles. The number of hydrogen-bond acceptors (Lipinski definition) is 5. The van der Waals surface area contributed by atoms with Crippen LogP contribution in [0.4, 0.5) is 4.79 Å². The van der Waals surface area contributed by atoms with Crippen molar-refractivity contribution in [2.75, 3.05) is 19.6 Å². The van der Waals surface area contributed by atoms with E-state index in [-0.39, 0.29) is 11.7 Å². The Morgan fingerprint density at radius 1 is 0.947 bits per heavy atom. The Bertz CT molecular complexity index is 1190. The van der Waals surface area contributed by atoms with Crippen LogP contribution in [0.15, 0.2) is 78.9 Å². The van der Waals surface area contributed by atoms with Crippen molar-refractivity contribution in [1.29, 1.82) is 0 Å². The molecule has 7 nitrogen and oxygen atoms in total. The van der Waals surface area contributed by atoms with Gasteiger partial charge in [0.25, 0.3) is 0 Å². The second-order valence-corrected chi connectivity index (χ2v) is 9.43. The molecule has 3 fully saturated rings. The molecule has 0 spiro atoms. The number of carbonyl (C=O) groups is 2. The summed E-state index contributed by atoms with van der Waals surface area (Å²) in [5, 5.41) is 12.2. The van der Waals surface area contributed by atoms with Crippen molar-refractivity contribution in [1.82, 2.24) is 10.2 Å². The third-order valence-electron chi connectivity index (χ3n) is 7.05. The number of benzene rings is 3. The van der Waals surface area contributed by atoms with Crippen LogP contribution in [0.25, 0.3) is 0 Å². The zero-order chi connectivity index (χ0) is 26.9. The third-order valence-corrected chi connectivity index (χ3v) is 7.05. The maximum absolute atomic E-state index is 13.0. The van der Waals surface area contributed by atoms with Crippen molar-refractivity contribution in [3.8, 4) is 5.75 Å². The van der Waals surface area contributed by atoms with Gasteiger partial charge >= 0.3 is 12.1 Å². The molecule has 2 atom stereocenters. The number of carbonyl (C=O) groups excluding carboxylic acids is 1. The number of amides is 1. The Kier molecular flexibility index (Phi) is 9.38. The Hall–Kier alpha value is -3.84. The summed E-state index contributed by atoms with van der Waals surface area (Å²) in [6.45, 7) is 7.30. The molecule has 2 bridgehead atoms. The Balaban J connectivity index is 0.00000164. The lowest BCUT2D eigenvalue weighted by Crippen LogP contribution is -2.52. The van der Waals surface area contributed by atoms with Gasteiger partial charge in [-0.1, -0.05) is 68.4 Å². The highest BCUT2D eigenvalue weighted by molar-refractivity contribution is 5.87. The van der Waals surface area contributed by atoms with Crippen LogP contribution in [0.3, 0.4) is 0 Å². The van der Waals surface area contributed by atoms with E-state index in [2.05, 4.69) is 10.2 Å². The van der Waals surface area contributed by atoms with Crippen LogP contribution in [0.2, 0.25) is 0 Å². The molecule has 3 aliphatic heterocycles. The lowest BCUT2D eigenvalue weighted by Gasteiger charge is -2.43. The second kappa shape index (κ2) is 13.1. The van der Waals surface area contributed by atoms with Gasteiger partial charge in [0.2, 0.25) is 0 Å².